The summed E-state index contributed by atoms with van der Waals surface area (Å²) in [5.41, 5.74) is -0.474. The molecule has 0 fully saturated rings. The van der Waals surface area contributed by atoms with Crippen molar-refractivity contribution in [3.05, 3.63) is 12.0 Å². The van der Waals surface area contributed by atoms with E-state index < -0.39 is 11.7 Å². The molecule has 1 amide bonds. The summed E-state index contributed by atoms with van der Waals surface area (Å²) in [6, 6.07) is 0. The van der Waals surface area contributed by atoms with Gasteiger partial charge in [0, 0.05) is 18.2 Å². The molecule has 15 heavy (non-hydrogen) atoms. The van der Waals surface area contributed by atoms with Crippen molar-refractivity contribution in [2.45, 2.75) is 32.8 Å². The molecule has 84 valence electrons. The lowest BCUT2D eigenvalue weighted by molar-refractivity contribution is 0.0528. The van der Waals surface area contributed by atoms with E-state index in [0.29, 0.717) is 18.7 Å². The number of carbonyl (C=O) groups is 1. The zero-order valence-electron chi connectivity index (χ0n) is 9.11. The minimum absolute atomic E-state index is 0.435. The van der Waals surface area contributed by atoms with Gasteiger partial charge in [-0.3, -0.25) is 0 Å². The summed E-state index contributed by atoms with van der Waals surface area (Å²) in [5.74, 6) is 0.631. The summed E-state index contributed by atoms with van der Waals surface area (Å²) in [5, 5.41) is 9.43. The number of amides is 1. The first-order chi connectivity index (χ1) is 6.97. The van der Waals surface area contributed by atoms with Crippen LogP contribution >= 0.6 is 0 Å². The van der Waals surface area contributed by atoms with Crippen molar-refractivity contribution in [1.82, 2.24) is 15.7 Å². The van der Waals surface area contributed by atoms with Crippen molar-refractivity contribution >= 4 is 6.09 Å². The second-order valence-corrected chi connectivity index (χ2v) is 4.06. The fourth-order valence-electron chi connectivity index (χ4n) is 0.900. The Balaban J connectivity index is 2.18. The average molecular weight is 213 g/mol. The highest BCUT2D eigenvalue weighted by Crippen LogP contribution is 2.06. The monoisotopic (exact) mass is 213 g/mol. The number of rotatable bonds is 3. The lowest BCUT2D eigenvalue weighted by Crippen LogP contribution is -2.33. The van der Waals surface area contributed by atoms with Crippen molar-refractivity contribution in [2.24, 2.45) is 0 Å². The Morgan fingerprint density at radius 2 is 2.33 bits per heavy atom. The molecule has 6 nitrogen and oxygen atoms in total. The molecule has 0 unspecified atom stereocenters. The Labute approximate surface area is 88.0 Å². The fourth-order valence-corrected chi connectivity index (χ4v) is 0.900. The van der Waals surface area contributed by atoms with Crippen molar-refractivity contribution < 1.29 is 14.1 Å². The number of ether oxygens (including phenoxy) is 1. The Morgan fingerprint density at radius 1 is 1.60 bits per heavy atom. The molecular weight excluding hydrogens is 198 g/mol. The third kappa shape index (κ3) is 4.99. The Kier molecular flexibility index (Phi) is 3.65. The van der Waals surface area contributed by atoms with Gasteiger partial charge < -0.3 is 14.6 Å². The maximum Gasteiger partial charge on any atom is 0.407 e. The van der Waals surface area contributed by atoms with E-state index in [-0.39, 0.29) is 0 Å². The predicted octanol–water partition coefficient (Wildman–Crippen LogP) is 1.14. The molecule has 0 aliphatic carbocycles. The Morgan fingerprint density at radius 3 is 2.87 bits per heavy atom. The summed E-state index contributed by atoms with van der Waals surface area (Å²) in [6.45, 7) is 5.87. The number of alkyl carbamates (subject to hydrolysis) is 1. The molecule has 0 aliphatic heterocycles. The van der Waals surface area contributed by atoms with Gasteiger partial charge in [-0.2, -0.15) is 0 Å². The van der Waals surface area contributed by atoms with Gasteiger partial charge in [-0.1, -0.05) is 0 Å². The molecule has 1 aromatic heterocycles. The molecule has 0 bridgehead atoms. The van der Waals surface area contributed by atoms with Gasteiger partial charge in [0.15, 0.2) is 5.76 Å². The van der Waals surface area contributed by atoms with Crippen molar-refractivity contribution in [1.29, 1.82) is 0 Å². The summed E-state index contributed by atoms with van der Waals surface area (Å²) >= 11 is 0. The maximum absolute atomic E-state index is 11.2. The molecule has 0 aliphatic rings. The first-order valence-corrected chi connectivity index (χ1v) is 4.70. The summed E-state index contributed by atoms with van der Waals surface area (Å²) in [4.78, 5) is 11.2. The van der Waals surface area contributed by atoms with Crippen molar-refractivity contribution in [3.8, 4) is 0 Å². The molecule has 0 aromatic carbocycles. The van der Waals surface area contributed by atoms with Gasteiger partial charge in [0.05, 0.1) is 6.20 Å². The third-order valence-corrected chi connectivity index (χ3v) is 1.45. The summed E-state index contributed by atoms with van der Waals surface area (Å²) in [6.07, 6.45) is 1.62. The van der Waals surface area contributed by atoms with E-state index in [2.05, 4.69) is 15.7 Å². The second kappa shape index (κ2) is 4.77. The number of hydrogen-bond donors (Lipinski definition) is 1. The van der Waals surface area contributed by atoms with Crippen LogP contribution in [0.1, 0.15) is 26.5 Å². The zero-order chi connectivity index (χ0) is 11.3. The van der Waals surface area contributed by atoms with Gasteiger partial charge in [-0.05, 0) is 20.8 Å². The van der Waals surface area contributed by atoms with Crippen LogP contribution in [0.2, 0.25) is 0 Å². The molecule has 1 heterocycles. The van der Waals surface area contributed by atoms with E-state index in [1.54, 1.807) is 0 Å². The first kappa shape index (κ1) is 11.5. The molecule has 0 atom stereocenters. The van der Waals surface area contributed by atoms with Crippen LogP contribution in [0.3, 0.4) is 0 Å². The summed E-state index contributed by atoms with van der Waals surface area (Å²) in [7, 11) is 0. The Hall–Kier alpha value is -1.59. The standard InChI is InChI=1S/C9H15N3O3/c1-9(2,3)14-8(13)10-5-4-7-6-11-12-15-7/h6H,4-5H2,1-3H3,(H,10,13). The lowest BCUT2D eigenvalue weighted by atomic mass is 10.2. The van der Waals surface area contributed by atoms with Crippen LogP contribution in [0.5, 0.6) is 0 Å². The van der Waals surface area contributed by atoms with E-state index >= 15 is 0 Å². The van der Waals surface area contributed by atoms with Crippen molar-refractivity contribution in [2.75, 3.05) is 6.54 Å². The molecule has 6 heteroatoms. The number of nitrogens with zero attached hydrogens (tertiary/aromatic N) is 2. The van der Waals surface area contributed by atoms with Gasteiger partial charge in [0.25, 0.3) is 0 Å². The molecule has 0 saturated carbocycles. The number of nitrogens with one attached hydrogen (secondary N) is 1. The summed E-state index contributed by atoms with van der Waals surface area (Å²) < 4.78 is 9.81. The van der Waals surface area contributed by atoms with Crippen LogP contribution in [0, 0.1) is 0 Å². The highest BCUT2D eigenvalue weighted by molar-refractivity contribution is 5.67. The van der Waals surface area contributed by atoms with E-state index in [9.17, 15) is 4.79 Å². The lowest BCUT2D eigenvalue weighted by Gasteiger charge is -2.19. The Bertz CT molecular complexity index is 303. The highest BCUT2D eigenvalue weighted by atomic mass is 16.6. The minimum atomic E-state index is -0.474. The van der Waals surface area contributed by atoms with Gasteiger partial charge >= 0.3 is 6.09 Å². The van der Waals surface area contributed by atoms with E-state index in [4.69, 9.17) is 9.26 Å². The SMILES string of the molecule is CC(C)(C)OC(=O)NCCc1cnno1. The normalized spacial score (nSPS) is 11.1. The fraction of sp³-hybridized carbons (Fsp3) is 0.667. The minimum Gasteiger partial charge on any atom is -0.444 e. The van der Waals surface area contributed by atoms with Gasteiger partial charge in [-0.25, -0.2) is 4.79 Å². The number of carbonyl (C=O) groups excluding carboxylic acids is 1. The number of hydrogen-bond acceptors (Lipinski definition) is 5. The van der Waals surface area contributed by atoms with E-state index in [1.165, 1.54) is 6.20 Å². The van der Waals surface area contributed by atoms with Crippen molar-refractivity contribution in [3.63, 3.8) is 0 Å². The first-order valence-electron chi connectivity index (χ1n) is 4.70. The van der Waals surface area contributed by atoms with Crippen LogP contribution in [-0.2, 0) is 11.2 Å². The molecule has 1 aromatic rings. The maximum atomic E-state index is 11.2. The van der Waals surface area contributed by atoms with Gasteiger partial charge in [0.1, 0.15) is 5.60 Å². The molecule has 1 N–H and O–H groups in total. The third-order valence-electron chi connectivity index (χ3n) is 1.45. The predicted molar refractivity (Wildman–Crippen MR) is 52.2 cm³/mol. The van der Waals surface area contributed by atoms with Crippen LogP contribution in [0.25, 0.3) is 0 Å². The van der Waals surface area contributed by atoms with E-state index in [0.717, 1.165) is 0 Å². The van der Waals surface area contributed by atoms with Crippen LogP contribution in [0.4, 0.5) is 4.79 Å². The second-order valence-electron chi connectivity index (χ2n) is 4.06. The molecular formula is C9H15N3O3. The van der Waals surface area contributed by atoms with Crippen LogP contribution in [0.15, 0.2) is 10.7 Å². The molecule has 0 saturated heterocycles. The topological polar surface area (TPSA) is 77.2 Å². The van der Waals surface area contributed by atoms with Gasteiger partial charge in [-0.15, -0.1) is 5.10 Å². The average Bonchev–Trinajstić information content (AvgIpc) is 2.53. The van der Waals surface area contributed by atoms with E-state index in [1.807, 2.05) is 20.8 Å². The number of aromatic nitrogens is 2. The quantitative estimate of drug-likeness (QED) is 0.814. The largest absolute Gasteiger partial charge is 0.444 e. The zero-order valence-corrected chi connectivity index (χ0v) is 9.11. The van der Waals surface area contributed by atoms with Crippen LogP contribution < -0.4 is 5.32 Å². The van der Waals surface area contributed by atoms with Gasteiger partial charge in [0.2, 0.25) is 0 Å². The highest BCUT2D eigenvalue weighted by Gasteiger charge is 2.15. The van der Waals surface area contributed by atoms with Crippen LogP contribution in [-0.4, -0.2) is 28.6 Å². The molecule has 1 rings (SSSR count). The molecule has 0 radical (unpaired) electrons. The smallest absolute Gasteiger partial charge is 0.407 e. The molecule has 0 spiro atoms.